The molecule has 2 aliphatic heterocycles. The van der Waals surface area contributed by atoms with Crippen molar-refractivity contribution in [2.24, 2.45) is 5.92 Å². The number of rotatable bonds is 8. The molecule has 0 radical (unpaired) electrons. The summed E-state index contributed by atoms with van der Waals surface area (Å²) >= 11 is 1.12. The van der Waals surface area contributed by atoms with Crippen molar-refractivity contribution < 1.29 is 28.4 Å². The van der Waals surface area contributed by atoms with Crippen molar-refractivity contribution in [2.45, 2.75) is 49.7 Å². The molecule has 2 amide bonds. The van der Waals surface area contributed by atoms with Gasteiger partial charge in [0.05, 0.1) is 0 Å². The third-order valence-corrected chi connectivity index (χ3v) is 6.98. The highest BCUT2D eigenvalue weighted by Gasteiger charge is 2.65. The fraction of sp³-hybridized carbons (Fsp3) is 0.455. The number of hydrogen-bond donors (Lipinski definition) is 4. The van der Waals surface area contributed by atoms with Crippen LogP contribution in [0.3, 0.4) is 0 Å². The number of piperidine rings is 1. The SMILES string of the molecule is Cc1cc(C(=O)N[C@@H](Cc2ccc(F)cc2)C(=O)N[C@@]2(C[C@@H]3CCCN[C@H]3O)SC2=[OH+])no1. The third-order valence-electron chi connectivity index (χ3n) is 5.84. The molecule has 0 saturated carbocycles. The number of aliphatic hydroxyl groups excluding tert-OH is 1. The molecule has 2 aromatic rings. The Morgan fingerprint density at radius 2 is 2.15 bits per heavy atom. The summed E-state index contributed by atoms with van der Waals surface area (Å²) in [6.07, 6.45) is 1.39. The van der Waals surface area contributed by atoms with Crippen LogP contribution in [-0.4, -0.2) is 55.7 Å². The van der Waals surface area contributed by atoms with Gasteiger partial charge in [0, 0.05) is 36.6 Å². The molecule has 4 atom stereocenters. The van der Waals surface area contributed by atoms with Crippen LogP contribution in [0.15, 0.2) is 34.9 Å². The minimum Gasteiger partial charge on any atom is -0.378 e. The highest BCUT2D eigenvalue weighted by molar-refractivity contribution is 8.26. The van der Waals surface area contributed by atoms with Crippen molar-refractivity contribution in [1.29, 1.82) is 0 Å². The molecule has 3 heterocycles. The first-order chi connectivity index (χ1) is 15.8. The van der Waals surface area contributed by atoms with E-state index in [1.165, 1.54) is 30.3 Å². The fourth-order valence-corrected chi connectivity index (χ4v) is 4.84. The minimum absolute atomic E-state index is 0.0331. The Morgan fingerprint density at radius 3 is 2.76 bits per heavy atom. The van der Waals surface area contributed by atoms with Crippen molar-refractivity contribution >= 4 is 28.7 Å². The Morgan fingerprint density at radius 1 is 1.42 bits per heavy atom. The topological polar surface area (TPSA) is 138 Å². The normalized spacial score (nSPS) is 25.4. The lowest BCUT2D eigenvalue weighted by atomic mass is 9.90. The number of nitrogens with one attached hydrogen (secondary N) is 3. The number of aryl methyl sites for hydroxylation is 1. The fourth-order valence-electron chi connectivity index (χ4n) is 3.98. The molecule has 0 spiro atoms. The molecule has 176 valence electrons. The van der Waals surface area contributed by atoms with Gasteiger partial charge in [-0.05, 0) is 44.0 Å². The predicted molar refractivity (Wildman–Crippen MR) is 119 cm³/mol. The number of aromatic nitrogens is 1. The lowest BCUT2D eigenvalue weighted by Crippen LogP contribution is -2.53. The Kier molecular flexibility index (Phi) is 6.82. The highest BCUT2D eigenvalue weighted by Crippen LogP contribution is 2.50. The van der Waals surface area contributed by atoms with Gasteiger partial charge in [0.25, 0.3) is 5.91 Å². The Labute approximate surface area is 193 Å². The lowest BCUT2D eigenvalue weighted by Gasteiger charge is -2.30. The second-order valence-electron chi connectivity index (χ2n) is 8.41. The van der Waals surface area contributed by atoms with Crippen LogP contribution < -0.4 is 16.0 Å². The number of carbonyl (C=O) groups is 2. The maximum Gasteiger partial charge on any atom is 0.390 e. The quantitative estimate of drug-likeness (QED) is 0.331. The molecule has 0 unspecified atom stereocenters. The maximum absolute atomic E-state index is 13.3. The Bertz CT molecular complexity index is 1050. The van der Waals surface area contributed by atoms with E-state index in [-0.39, 0.29) is 23.1 Å². The third kappa shape index (κ3) is 5.60. The standard InChI is InChI=1S/C22H25FN4O5S/c1-12-9-17(27-32-12)19(29)25-16(10-13-4-6-15(23)7-5-13)20(30)26-22(21(31)33-22)11-14-3-2-8-24-18(14)28/h4-7,9,14,16,18,24,28H,2-3,8,10-11H2,1H3,(H,25,29)(H,26,30)/p+1/t14-,16-,18-,22-/m0/s1. The zero-order valence-corrected chi connectivity index (χ0v) is 18.8. The first kappa shape index (κ1) is 23.4. The molecule has 4 rings (SSSR count). The van der Waals surface area contributed by atoms with Gasteiger partial charge in [-0.3, -0.25) is 19.7 Å². The zero-order valence-electron chi connectivity index (χ0n) is 18.0. The summed E-state index contributed by atoms with van der Waals surface area (Å²) in [7, 11) is 0. The van der Waals surface area contributed by atoms with Gasteiger partial charge in [0.2, 0.25) is 10.8 Å². The summed E-state index contributed by atoms with van der Waals surface area (Å²) in [5.41, 5.74) is 0.677. The predicted octanol–water partition coefficient (Wildman–Crippen LogP) is 1.23. The van der Waals surface area contributed by atoms with Gasteiger partial charge in [-0.2, -0.15) is 0 Å². The second kappa shape index (κ2) is 9.62. The average molecular weight is 478 g/mol. The summed E-state index contributed by atoms with van der Waals surface area (Å²) in [6, 6.07) is 6.08. The van der Waals surface area contributed by atoms with E-state index in [1.54, 1.807) is 6.92 Å². The highest BCUT2D eigenvalue weighted by atomic mass is 32.2. The van der Waals surface area contributed by atoms with E-state index in [0.29, 0.717) is 24.3 Å². The van der Waals surface area contributed by atoms with Gasteiger partial charge in [0.1, 0.15) is 23.8 Å². The van der Waals surface area contributed by atoms with Crippen LogP contribution in [0.2, 0.25) is 0 Å². The monoisotopic (exact) mass is 477 g/mol. The van der Waals surface area contributed by atoms with Gasteiger partial charge in [-0.1, -0.05) is 17.3 Å². The van der Waals surface area contributed by atoms with E-state index in [9.17, 15) is 23.9 Å². The minimum atomic E-state index is -1.02. The van der Waals surface area contributed by atoms with Gasteiger partial charge in [-0.15, -0.1) is 0 Å². The molecule has 1 aromatic carbocycles. The summed E-state index contributed by atoms with van der Waals surface area (Å²) in [4.78, 5) is 35.1. The van der Waals surface area contributed by atoms with Crippen LogP contribution in [-0.2, 0) is 11.2 Å². The molecular weight excluding hydrogens is 451 g/mol. The van der Waals surface area contributed by atoms with E-state index in [1.807, 2.05) is 0 Å². The molecular formula is C22H26FN4O5S+. The van der Waals surface area contributed by atoms with E-state index in [2.05, 4.69) is 21.1 Å². The number of aliphatic hydroxyl groups is 1. The van der Waals surface area contributed by atoms with E-state index in [0.717, 1.165) is 24.6 Å². The molecule has 0 bridgehead atoms. The van der Waals surface area contributed by atoms with Gasteiger partial charge in [-0.25, -0.2) is 4.39 Å². The molecule has 2 fully saturated rings. The van der Waals surface area contributed by atoms with E-state index >= 15 is 0 Å². The summed E-state index contributed by atoms with van der Waals surface area (Å²) in [5, 5.41) is 22.5. The molecule has 2 saturated heterocycles. The number of amides is 2. The maximum atomic E-state index is 13.3. The van der Waals surface area contributed by atoms with Crippen LogP contribution in [0.1, 0.15) is 41.1 Å². The van der Waals surface area contributed by atoms with Crippen molar-refractivity contribution in [2.75, 3.05) is 6.54 Å². The van der Waals surface area contributed by atoms with E-state index < -0.39 is 34.8 Å². The van der Waals surface area contributed by atoms with Gasteiger partial charge >= 0.3 is 5.12 Å². The number of thioether (sulfide) groups is 1. The molecule has 9 nitrogen and oxygen atoms in total. The van der Waals surface area contributed by atoms with Crippen LogP contribution in [0.4, 0.5) is 4.39 Å². The lowest BCUT2D eigenvalue weighted by molar-refractivity contribution is -0.123. The summed E-state index contributed by atoms with van der Waals surface area (Å²) < 4.78 is 18.3. The summed E-state index contributed by atoms with van der Waals surface area (Å²) in [5.74, 6) is -1.20. The first-order valence-corrected chi connectivity index (χ1v) is 11.5. The van der Waals surface area contributed by atoms with Crippen molar-refractivity contribution in [1.82, 2.24) is 21.1 Å². The Hall–Kier alpha value is -2.76. The summed E-state index contributed by atoms with van der Waals surface area (Å²) in [6.45, 7) is 2.36. The molecule has 0 aliphatic carbocycles. The molecule has 33 heavy (non-hydrogen) atoms. The van der Waals surface area contributed by atoms with Crippen LogP contribution >= 0.6 is 11.8 Å². The molecule has 11 heteroatoms. The first-order valence-electron chi connectivity index (χ1n) is 10.7. The van der Waals surface area contributed by atoms with Gasteiger partial charge < -0.3 is 20.3 Å². The molecule has 1 aromatic heterocycles. The molecule has 2 aliphatic rings. The molecule has 5 N–H and O–H groups in total. The van der Waals surface area contributed by atoms with Crippen molar-refractivity contribution in [3.8, 4) is 0 Å². The number of nitrogens with zero attached hydrogens (tertiary/aromatic N) is 1. The van der Waals surface area contributed by atoms with Gasteiger partial charge in [0.15, 0.2) is 5.69 Å². The van der Waals surface area contributed by atoms with E-state index in [4.69, 9.17) is 4.52 Å². The largest absolute Gasteiger partial charge is 0.390 e. The number of halogens is 1. The average Bonchev–Trinajstić information content (AvgIpc) is 3.17. The van der Waals surface area contributed by atoms with Crippen molar-refractivity contribution in [3.05, 3.63) is 53.2 Å². The smallest absolute Gasteiger partial charge is 0.378 e. The second-order valence-corrected chi connectivity index (χ2v) is 9.70. The zero-order chi connectivity index (χ0) is 23.6. The number of hydrogen-bond acceptors (Lipinski definition) is 7. The van der Waals surface area contributed by atoms with Crippen LogP contribution in [0, 0.1) is 18.7 Å². The van der Waals surface area contributed by atoms with Crippen molar-refractivity contribution in [3.63, 3.8) is 0 Å². The van der Waals surface area contributed by atoms with Crippen LogP contribution in [0.25, 0.3) is 0 Å². The number of carbonyl (C=O) groups excluding carboxylic acids is 3. The van der Waals surface area contributed by atoms with Crippen LogP contribution in [0.5, 0.6) is 0 Å². The Balaban J connectivity index is 1.49. The number of benzene rings is 1.